The minimum Gasteiger partial charge on any atom is -0.476 e. The van der Waals surface area contributed by atoms with Crippen molar-refractivity contribution in [3.05, 3.63) is 64.8 Å². The van der Waals surface area contributed by atoms with Crippen LogP contribution in [0.1, 0.15) is 27.2 Å². The second-order valence-corrected chi connectivity index (χ2v) is 5.25. The second-order valence-electron chi connectivity index (χ2n) is 5.25. The molecule has 0 saturated carbocycles. The van der Waals surface area contributed by atoms with Crippen LogP contribution in [0.4, 0.5) is 0 Å². The van der Waals surface area contributed by atoms with Crippen molar-refractivity contribution in [1.82, 2.24) is 9.78 Å². The summed E-state index contributed by atoms with van der Waals surface area (Å²) in [5.41, 5.74) is 4.53. The molecule has 1 heterocycles. The molecule has 0 aliphatic rings. The average molecular weight is 280 g/mol. The predicted molar refractivity (Wildman–Crippen MR) is 81.7 cm³/mol. The van der Waals surface area contributed by atoms with Crippen LogP contribution in [0, 0.1) is 13.8 Å². The summed E-state index contributed by atoms with van der Waals surface area (Å²) in [6, 6.07) is 13.7. The lowest BCUT2D eigenvalue weighted by atomic mass is 10.1. The van der Waals surface area contributed by atoms with E-state index < -0.39 is 5.97 Å². The minimum absolute atomic E-state index is 0.106. The van der Waals surface area contributed by atoms with Crippen LogP contribution >= 0.6 is 0 Å². The van der Waals surface area contributed by atoms with Gasteiger partial charge in [0.2, 0.25) is 0 Å². The fraction of sp³-hybridized carbons (Fsp3) is 0.176. The highest BCUT2D eigenvalue weighted by molar-refractivity contribution is 6.01. The molecule has 0 bridgehead atoms. The molecule has 3 aromatic rings. The van der Waals surface area contributed by atoms with E-state index in [1.54, 1.807) is 10.7 Å². The minimum atomic E-state index is -0.995. The van der Waals surface area contributed by atoms with Crippen molar-refractivity contribution in [2.75, 3.05) is 0 Å². The van der Waals surface area contributed by atoms with Gasteiger partial charge in [-0.15, -0.1) is 0 Å². The number of aryl methyl sites for hydroxylation is 2. The van der Waals surface area contributed by atoms with Gasteiger partial charge in [-0.25, -0.2) is 4.79 Å². The fourth-order valence-corrected chi connectivity index (χ4v) is 2.48. The van der Waals surface area contributed by atoms with Crippen molar-refractivity contribution in [2.45, 2.75) is 20.4 Å². The van der Waals surface area contributed by atoms with Gasteiger partial charge in [-0.3, -0.25) is 4.68 Å². The Morgan fingerprint density at radius 2 is 1.90 bits per heavy atom. The molecular formula is C17H16N2O2. The van der Waals surface area contributed by atoms with Crippen LogP contribution in [0.2, 0.25) is 0 Å². The van der Waals surface area contributed by atoms with Gasteiger partial charge >= 0.3 is 5.97 Å². The van der Waals surface area contributed by atoms with Crippen LogP contribution in [0.15, 0.2) is 42.5 Å². The van der Waals surface area contributed by atoms with Crippen LogP contribution in [-0.4, -0.2) is 20.9 Å². The number of carbonyl (C=O) groups is 1. The zero-order chi connectivity index (χ0) is 15.0. The second kappa shape index (κ2) is 5.05. The smallest absolute Gasteiger partial charge is 0.357 e. The maximum atomic E-state index is 11.3. The first kappa shape index (κ1) is 13.4. The summed E-state index contributed by atoms with van der Waals surface area (Å²) in [7, 11) is 0. The number of carboxylic acids is 1. The zero-order valence-electron chi connectivity index (χ0n) is 12.0. The van der Waals surface area contributed by atoms with Gasteiger partial charge in [0.15, 0.2) is 5.69 Å². The highest BCUT2D eigenvalue weighted by Crippen LogP contribution is 2.20. The summed E-state index contributed by atoms with van der Waals surface area (Å²) in [5, 5.41) is 14.2. The van der Waals surface area contributed by atoms with Gasteiger partial charge in [0.25, 0.3) is 0 Å². The predicted octanol–water partition coefficient (Wildman–Crippen LogP) is 3.40. The van der Waals surface area contributed by atoms with E-state index in [0.29, 0.717) is 11.9 Å². The quantitative estimate of drug-likeness (QED) is 0.800. The highest BCUT2D eigenvalue weighted by atomic mass is 16.4. The molecule has 4 heteroatoms. The van der Waals surface area contributed by atoms with Crippen LogP contribution in [0.5, 0.6) is 0 Å². The topological polar surface area (TPSA) is 55.1 Å². The standard InChI is InChI=1S/C17H16N2O2/c1-11-7-8-13(9-12(11)2)10-19-15-6-4-3-5-14(15)16(18-19)17(20)21/h3-9H,10H2,1-2H3,(H,20,21). The summed E-state index contributed by atoms with van der Waals surface area (Å²) in [6.07, 6.45) is 0. The normalized spacial score (nSPS) is 11.0. The Labute approximate surface area is 122 Å². The number of hydrogen-bond donors (Lipinski definition) is 1. The van der Waals surface area contributed by atoms with Crippen LogP contribution < -0.4 is 0 Å². The Morgan fingerprint density at radius 1 is 1.14 bits per heavy atom. The molecule has 4 nitrogen and oxygen atoms in total. The summed E-state index contributed by atoms with van der Waals surface area (Å²) >= 11 is 0. The Balaban J connectivity index is 2.08. The number of nitrogens with zero attached hydrogens (tertiary/aromatic N) is 2. The molecule has 0 amide bonds. The van der Waals surface area contributed by atoms with Crippen molar-refractivity contribution in [1.29, 1.82) is 0 Å². The number of rotatable bonds is 3. The van der Waals surface area contributed by atoms with Gasteiger partial charge in [0.1, 0.15) is 0 Å². The van der Waals surface area contributed by atoms with Gasteiger partial charge in [0.05, 0.1) is 12.1 Å². The molecule has 0 aliphatic heterocycles. The van der Waals surface area contributed by atoms with Crippen LogP contribution in [-0.2, 0) is 6.54 Å². The molecule has 2 aromatic carbocycles. The zero-order valence-corrected chi connectivity index (χ0v) is 12.0. The third kappa shape index (κ3) is 2.40. The molecule has 1 aromatic heterocycles. The van der Waals surface area contributed by atoms with Gasteiger partial charge < -0.3 is 5.11 Å². The van der Waals surface area contributed by atoms with E-state index in [1.807, 2.05) is 18.2 Å². The molecule has 21 heavy (non-hydrogen) atoms. The van der Waals surface area contributed by atoms with E-state index in [2.05, 4.69) is 37.1 Å². The van der Waals surface area contributed by atoms with Crippen molar-refractivity contribution >= 4 is 16.9 Å². The number of para-hydroxylation sites is 1. The van der Waals surface area contributed by atoms with E-state index in [-0.39, 0.29) is 5.69 Å². The molecule has 0 unspecified atom stereocenters. The van der Waals surface area contributed by atoms with E-state index in [1.165, 1.54) is 11.1 Å². The Kier molecular flexibility index (Phi) is 3.22. The Bertz CT molecular complexity index is 834. The first-order chi connectivity index (χ1) is 10.1. The number of carboxylic acid groups (broad SMARTS) is 1. The lowest BCUT2D eigenvalue weighted by Crippen LogP contribution is -2.04. The van der Waals surface area contributed by atoms with Gasteiger partial charge in [-0.05, 0) is 36.6 Å². The van der Waals surface area contributed by atoms with Gasteiger partial charge in [-0.2, -0.15) is 5.10 Å². The van der Waals surface area contributed by atoms with E-state index in [4.69, 9.17) is 0 Å². The van der Waals surface area contributed by atoms with E-state index in [0.717, 1.165) is 11.1 Å². The number of aromatic nitrogens is 2. The lowest BCUT2D eigenvalue weighted by Gasteiger charge is -2.06. The first-order valence-corrected chi connectivity index (χ1v) is 6.81. The third-order valence-electron chi connectivity index (χ3n) is 3.76. The monoisotopic (exact) mass is 280 g/mol. The number of hydrogen-bond acceptors (Lipinski definition) is 2. The number of aromatic carboxylic acids is 1. The van der Waals surface area contributed by atoms with Crippen LogP contribution in [0.25, 0.3) is 10.9 Å². The molecule has 3 rings (SSSR count). The van der Waals surface area contributed by atoms with Crippen molar-refractivity contribution in [3.63, 3.8) is 0 Å². The molecule has 0 fully saturated rings. The van der Waals surface area contributed by atoms with Crippen molar-refractivity contribution in [2.24, 2.45) is 0 Å². The van der Waals surface area contributed by atoms with Gasteiger partial charge in [-0.1, -0.05) is 36.4 Å². The molecule has 0 spiro atoms. The number of fused-ring (bicyclic) bond motifs is 1. The third-order valence-corrected chi connectivity index (χ3v) is 3.76. The largest absolute Gasteiger partial charge is 0.476 e. The first-order valence-electron chi connectivity index (χ1n) is 6.81. The summed E-state index contributed by atoms with van der Waals surface area (Å²) < 4.78 is 1.75. The molecule has 0 radical (unpaired) electrons. The lowest BCUT2D eigenvalue weighted by molar-refractivity contribution is 0.0691. The highest BCUT2D eigenvalue weighted by Gasteiger charge is 2.15. The molecular weight excluding hydrogens is 264 g/mol. The SMILES string of the molecule is Cc1ccc(Cn2nc(C(=O)O)c3ccccc32)cc1C. The van der Waals surface area contributed by atoms with Crippen LogP contribution in [0.3, 0.4) is 0 Å². The molecule has 0 aliphatic carbocycles. The van der Waals surface area contributed by atoms with E-state index in [9.17, 15) is 9.90 Å². The van der Waals surface area contributed by atoms with Gasteiger partial charge in [0, 0.05) is 5.39 Å². The van der Waals surface area contributed by atoms with Crippen molar-refractivity contribution < 1.29 is 9.90 Å². The maximum Gasteiger partial charge on any atom is 0.357 e. The van der Waals surface area contributed by atoms with E-state index >= 15 is 0 Å². The summed E-state index contributed by atoms with van der Waals surface area (Å²) in [5.74, 6) is -0.995. The molecule has 1 N–H and O–H groups in total. The van der Waals surface area contributed by atoms with Crippen molar-refractivity contribution in [3.8, 4) is 0 Å². The Morgan fingerprint density at radius 3 is 2.62 bits per heavy atom. The summed E-state index contributed by atoms with van der Waals surface area (Å²) in [4.78, 5) is 11.3. The Hall–Kier alpha value is -2.62. The molecule has 0 atom stereocenters. The average Bonchev–Trinajstić information content (AvgIpc) is 2.82. The number of benzene rings is 2. The molecule has 106 valence electrons. The summed E-state index contributed by atoms with van der Waals surface area (Å²) in [6.45, 7) is 4.71. The fourth-order valence-electron chi connectivity index (χ4n) is 2.48. The maximum absolute atomic E-state index is 11.3. The molecule has 0 saturated heterocycles.